The van der Waals surface area contributed by atoms with Gasteiger partial charge in [0.1, 0.15) is 12.5 Å². The Hall–Kier alpha value is -4.80. The summed E-state index contributed by atoms with van der Waals surface area (Å²) in [7, 11) is 1.28. The number of ketones is 1. The van der Waals surface area contributed by atoms with Crippen molar-refractivity contribution >= 4 is 70.7 Å². The number of carbonyl (C=O) groups excluding carboxylic acids is 3. The summed E-state index contributed by atoms with van der Waals surface area (Å²) < 4.78 is 10.9. The minimum Gasteiger partial charge on any atom is -0.664 e. The second-order valence-electron chi connectivity index (χ2n) is 18.7. The van der Waals surface area contributed by atoms with Gasteiger partial charge in [0.05, 0.1) is 7.11 Å². The summed E-state index contributed by atoms with van der Waals surface area (Å²) in [6.45, 7) is 25.6. The third-order valence-corrected chi connectivity index (χ3v) is 13.5. The number of esters is 2. The van der Waals surface area contributed by atoms with Gasteiger partial charge in [0.25, 0.3) is 0 Å². The van der Waals surface area contributed by atoms with Crippen LogP contribution in [0.5, 0.6) is 0 Å². The van der Waals surface area contributed by atoms with E-state index in [1.54, 1.807) is 6.08 Å². The molecule has 0 unspecified atom stereocenters. The smallest absolute Gasteiger partial charge is 0.664 e. The zero-order chi connectivity index (χ0) is 46.4. The molecule has 5 atom stereocenters. The number of rotatable bonds is 18. The normalized spacial score (nSPS) is 21.9. The van der Waals surface area contributed by atoms with Gasteiger partial charge in [-0.25, -0.2) is 4.79 Å². The molecular weight excluding hydrogens is 821 g/mol. The zero-order valence-corrected chi connectivity index (χ0v) is 42.2. The van der Waals surface area contributed by atoms with Crippen LogP contribution in [0.1, 0.15) is 154 Å². The van der Waals surface area contributed by atoms with Gasteiger partial charge in [-0.15, -0.1) is 39.2 Å². The molecule has 0 N–H and O–H groups in total. The number of allylic oxidation sites excluding steroid dienone is 5. The van der Waals surface area contributed by atoms with Gasteiger partial charge < -0.3 is 29.7 Å². The maximum absolute atomic E-state index is 14.3. The Morgan fingerprint density at radius 1 is 0.892 bits per heavy atom. The molecule has 8 bridgehead atoms. The first kappa shape index (κ1) is 51.2. The molecule has 1 aliphatic carbocycles. The number of hydrogen-bond acceptors (Lipinski definition) is 5. The van der Waals surface area contributed by atoms with E-state index in [4.69, 9.17) is 29.7 Å². The van der Waals surface area contributed by atoms with Crippen LogP contribution in [0, 0.1) is 56.3 Å². The molecule has 10 heteroatoms. The Kier molecular flexibility index (Phi) is 17.8. The predicted octanol–water partition coefficient (Wildman–Crippen LogP) is 9.92. The van der Waals surface area contributed by atoms with Crippen LogP contribution in [-0.4, -0.2) is 54.5 Å². The van der Waals surface area contributed by atoms with E-state index in [2.05, 4.69) is 67.2 Å². The van der Waals surface area contributed by atoms with E-state index in [0.29, 0.717) is 51.3 Å². The monoisotopic (exact) mass is 889 g/mol. The van der Waals surface area contributed by atoms with Gasteiger partial charge in [0, 0.05) is 11.6 Å². The first-order valence-corrected chi connectivity index (χ1v) is 23.4. The summed E-state index contributed by atoms with van der Waals surface area (Å²) in [5.74, 6) is -1.56. The van der Waals surface area contributed by atoms with E-state index in [0.717, 1.165) is 75.9 Å². The van der Waals surface area contributed by atoms with Crippen molar-refractivity contribution in [1.82, 2.24) is 15.0 Å². The number of Topliss-reactive ketones (excluding diaryl/α,β-unsaturated/α-hetero) is 1. The van der Waals surface area contributed by atoms with Crippen LogP contribution in [0.25, 0.3) is 35.2 Å². The molecule has 2 aliphatic heterocycles. The average Bonchev–Trinajstić information content (AvgIpc) is 3.99. The first-order valence-electron chi connectivity index (χ1n) is 23.4. The Balaban J connectivity index is 0.00000793. The molecule has 1 fully saturated rings. The largest absolute Gasteiger partial charge is 2.00 e. The summed E-state index contributed by atoms with van der Waals surface area (Å²) >= 11 is 0. The van der Waals surface area contributed by atoms with Crippen LogP contribution in [-0.2, 0) is 25.5 Å². The minimum atomic E-state index is -1.26. The maximum atomic E-state index is 14.3. The van der Waals surface area contributed by atoms with Gasteiger partial charge in [-0.3, -0.25) is 9.59 Å². The van der Waals surface area contributed by atoms with E-state index < -0.39 is 23.8 Å². The molecule has 1 saturated heterocycles. The molecule has 6 rings (SSSR count). The summed E-state index contributed by atoms with van der Waals surface area (Å²) in [5, 5.41) is 6.76. The molecular formula is C55H68MgN4O5-2. The van der Waals surface area contributed by atoms with E-state index in [-0.39, 0.29) is 41.4 Å². The fourth-order valence-corrected chi connectivity index (χ4v) is 9.46. The molecule has 3 aromatic heterocycles. The Labute approximate surface area is 403 Å². The number of aromatic nitrogens is 3. The van der Waals surface area contributed by atoms with E-state index in [1.807, 2.05) is 51.2 Å². The molecule has 0 radical (unpaired) electrons. The molecule has 5 heterocycles. The van der Waals surface area contributed by atoms with Gasteiger partial charge in [-0.05, 0) is 94.6 Å². The van der Waals surface area contributed by atoms with Crippen molar-refractivity contribution in [2.75, 3.05) is 13.7 Å². The molecule has 0 amide bonds. The molecule has 9 nitrogen and oxygen atoms in total. The standard InChI is InChI=1S/C55H69N4O5.Mg/c1-13-39-35(8)42-28-44-37(10)41(24-25-48(60)64-27-26-34(7)23-17-22-33(6)21-16-20-32(5)19-15-18-31(3)4)52(58-44)50-51(55(62)63-12)54(61)49-38(11)45(59-53(49)50)30-47-40(14-2)36(9)43(57-47)29-46(39)56-42;/h13,15,18,24-26,28-33,37,41,51H,1,14,16-17,19-23,27H2,2-12H3,(H-,58,59,61);/q-3;+2/p-1/b18-15+,25-24+,34-26+,43-29-,44-28-,47-30-;/t32-,33-,37+,41+,51-;/m1./s1. The first-order chi connectivity index (χ1) is 30.6. The number of nitrogens with zero attached hydrogens (tertiary/aromatic N) is 4. The van der Waals surface area contributed by atoms with Crippen molar-refractivity contribution in [3.63, 3.8) is 0 Å². The number of ether oxygens (including phenoxy) is 2. The average molecular weight is 889 g/mol. The van der Waals surface area contributed by atoms with Crippen LogP contribution < -0.4 is 25.7 Å². The van der Waals surface area contributed by atoms with Gasteiger partial charge in [0.15, 0.2) is 5.78 Å². The SMILES string of the molecule is C=Cc1c2[n-]c(c1C)/C=C1\[N-]/C(=C3\c4[n-]c(c(C)c4C(=O)[C@@H]3C(=O)OC)/C=c3\[n-]/c(c(C)c3CC)=C\2)[C@@H](/C=C/C(=O)OC/C=C(\C)CCC[C@H](C)CCC[C@H](C)C/C=C/C(C)C)[C@@H]1C.[Mg+2]. The van der Waals surface area contributed by atoms with Crippen molar-refractivity contribution in [3.05, 3.63) is 126 Å². The van der Waals surface area contributed by atoms with Crippen molar-refractivity contribution in [2.24, 2.45) is 35.5 Å². The molecule has 0 spiro atoms. The fourth-order valence-electron chi connectivity index (χ4n) is 9.46. The third kappa shape index (κ3) is 11.4. The van der Waals surface area contributed by atoms with Crippen molar-refractivity contribution in [3.8, 4) is 0 Å². The zero-order valence-electron chi connectivity index (χ0n) is 40.8. The fraction of sp³-hybridized carbons (Fsp3) is 0.473. The van der Waals surface area contributed by atoms with E-state index >= 15 is 0 Å². The summed E-state index contributed by atoms with van der Waals surface area (Å²) in [6, 6.07) is 0. The van der Waals surface area contributed by atoms with Gasteiger partial charge >= 0.3 is 35.0 Å². The second kappa shape index (κ2) is 22.6. The van der Waals surface area contributed by atoms with Crippen LogP contribution in [0.15, 0.2) is 53.9 Å². The molecule has 3 aromatic rings. The quantitative estimate of drug-likeness (QED) is 0.0407. The van der Waals surface area contributed by atoms with Crippen LogP contribution >= 0.6 is 0 Å². The predicted molar refractivity (Wildman–Crippen MR) is 264 cm³/mol. The van der Waals surface area contributed by atoms with Crippen LogP contribution in [0.3, 0.4) is 0 Å². The Bertz CT molecular complexity index is 2550. The summed E-state index contributed by atoms with van der Waals surface area (Å²) in [5.41, 5.74) is 10.3. The summed E-state index contributed by atoms with van der Waals surface area (Å²) in [6.07, 6.45) is 26.5. The molecule has 0 saturated carbocycles. The van der Waals surface area contributed by atoms with Crippen molar-refractivity contribution in [1.29, 1.82) is 0 Å². The van der Waals surface area contributed by atoms with Gasteiger partial charge in [0.2, 0.25) is 0 Å². The Morgan fingerprint density at radius 2 is 1.58 bits per heavy atom. The third-order valence-electron chi connectivity index (χ3n) is 13.5. The molecule has 342 valence electrons. The van der Waals surface area contributed by atoms with Crippen molar-refractivity contribution in [2.45, 2.75) is 121 Å². The minimum absolute atomic E-state index is 0. The van der Waals surface area contributed by atoms with E-state index in [1.165, 1.54) is 44.4 Å². The van der Waals surface area contributed by atoms with E-state index in [9.17, 15) is 14.4 Å². The van der Waals surface area contributed by atoms with Crippen LogP contribution in [0.2, 0.25) is 0 Å². The number of carbonyl (C=O) groups is 3. The van der Waals surface area contributed by atoms with Crippen LogP contribution in [0.4, 0.5) is 0 Å². The van der Waals surface area contributed by atoms with Gasteiger partial charge in [-0.2, -0.15) is 5.70 Å². The molecule has 3 aliphatic rings. The topological polar surface area (TPSA) is 126 Å². The van der Waals surface area contributed by atoms with Crippen molar-refractivity contribution < 1.29 is 23.9 Å². The second-order valence-corrected chi connectivity index (χ2v) is 18.7. The number of hydrogen-bond donors (Lipinski definition) is 0. The summed E-state index contributed by atoms with van der Waals surface area (Å²) in [4.78, 5) is 56.4. The van der Waals surface area contributed by atoms with Gasteiger partial charge in [-0.1, -0.05) is 150 Å². The molecule has 0 aromatic carbocycles. The molecule has 65 heavy (non-hydrogen) atoms. The number of fused-ring (bicyclic) bond motifs is 7. The number of methoxy groups -OCH3 is 1. The maximum Gasteiger partial charge on any atom is 2.00 e. The Morgan fingerprint density at radius 3 is 2.28 bits per heavy atom.